The first-order valence-corrected chi connectivity index (χ1v) is 13.1. The maximum atomic E-state index is 13.2. The van der Waals surface area contributed by atoms with Crippen LogP contribution in [0, 0.1) is 11.3 Å². The summed E-state index contributed by atoms with van der Waals surface area (Å²) in [7, 11) is -10.9. The SMILES string of the molecule is N#Cc1cccc(S(=O)(=O)N([C@@H]2CCS(=O)(=O)C2)[C@@H]2CCS(=O)(=O)C2)c1. The summed E-state index contributed by atoms with van der Waals surface area (Å²) in [5.41, 5.74) is 0.157. The molecule has 2 aliphatic heterocycles. The van der Waals surface area contributed by atoms with Crippen molar-refractivity contribution in [2.75, 3.05) is 23.0 Å². The van der Waals surface area contributed by atoms with Gasteiger partial charge in [-0.1, -0.05) is 6.07 Å². The average molecular weight is 419 g/mol. The zero-order valence-corrected chi connectivity index (χ0v) is 16.2. The van der Waals surface area contributed by atoms with E-state index in [4.69, 9.17) is 5.26 Å². The van der Waals surface area contributed by atoms with Crippen LogP contribution in [-0.2, 0) is 29.7 Å². The Labute approximate surface area is 153 Å². The molecule has 0 spiro atoms. The third-order valence-corrected chi connectivity index (χ3v) is 10.2. The van der Waals surface area contributed by atoms with Gasteiger partial charge in [-0.2, -0.15) is 9.57 Å². The van der Waals surface area contributed by atoms with Gasteiger partial charge >= 0.3 is 0 Å². The highest BCUT2D eigenvalue weighted by atomic mass is 32.2. The molecule has 0 aromatic heterocycles. The Bertz CT molecular complexity index is 1030. The molecule has 26 heavy (non-hydrogen) atoms. The minimum Gasteiger partial charge on any atom is -0.229 e. The smallest absolute Gasteiger partial charge is 0.229 e. The lowest BCUT2D eigenvalue weighted by Crippen LogP contribution is -2.48. The number of nitrogens with zero attached hydrogens (tertiary/aromatic N) is 2. The summed E-state index contributed by atoms with van der Waals surface area (Å²) in [5.74, 6) is -0.885. The molecule has 2 atom stereocenters. The van der Waals surface area contributed by atoms with Crippen LogP contribution in [0.4, 0.5) is 0 Å². The summed E-state index contributed by atoms with van der Waals surface area (Å²) >= 11 is 0. The lowest BCUT2D eigenvalue weighted by atomic mass is 10.2. The second-order valence-electron chi connectivity index (χ2n) is 6.59. The van der Waals surface area contributed by atoms with Crippen LogP contribution in [0.3, 0.4) is 0 Å². The first kappa shape index (κ1) is 19.3. The van der Waals surface area contributed by atoms with E-state index in [0.717, 1.165) is 4.31 Å². The Kier molecular flexibility index (Phi) is 4.89. The number of rotatable bonds is 4. The lowest BCUT2D eigenvalue weighted by Gasteiger charge is -2.32. The van der Waals surface area contributed by atoms with Gasteiger partial charge in [0.1, 0.15) is 0 Å². The van der Waals surface area contributed by atoms with E-state index >= 15 is 0 Å². The minimum atomic E-state index is -4.15. The van der Waals surface area contributed by atoms with Crippen molar-refractivity contribution in [2.45, 2.75) is 29.8 Å². The highest BCUT2D eigenvalue weighted by Gasteiger charge is 2.46. The van der Waals surface area contributed by atoms with E-state index < -0.39 is 41.8 Å². The molecule has 0 saturated carbocycles. The Hall–Kier alpha value is -1.48. The largest absolute Gasteiger partial charge is 0.243 e. The minimum absolute atomic E-state index is 0.124. The van der Waals surface area contributed by atoms with Gasteiger partial charge in [-0.05, 0) is 31.0 Å². The number of nitriles is 1. The van der Waals surface area contributed by atoms with E-state index in [-0.39, 0.29) is 46.3 Å². The number of hydrogen-bond acceptors (Lipinski definition) is 7. The molecule has 8 nitrogen and oxygen atoms in total. The van der Waals surface area contributed by atoms with E-state index in [2.05, 4.69) is 0 Å². The molecule has 0 aliphatic carbocycles. The quantitative estimate of drug-likeness (QED) is 0.669. The van der Waals surface area contributed by atoms with E-state index in [1.54, 1.807) is 0 Å². The molecule has 1 aromatic rings. The molecule has 0 amide bonds. The van der Waals surface area contributed by atoms with Crippen LogP contribution in [-0.4, -0.2) is 64.7 Å². The molecule has 0 unspecified atom stereocenters. The van der Waals surface area contributed by atoms with E-state index in [0.29, 0.717) is 0 Å². The molecule has 142 valence electrons. The van der Waals surface area contributed by atoms with Crippen LogP contribution < -0.4 is 0 Å². The zero-order chi connectivity index (χ0) is 19.2. The average Bonchev–Trinajstić information content (AvgIpc) is 3.09. The predicted octanol–water partition coefficient (Wildman–Crippen LogP) is -0.0768. The van der Waals surface area contributed by atoms with Crippen molar-refractivity contribution in [3.8, 4) is 6.07 Å². The number of benzene rings is 1. The van der Waals surface area contributed by atoms with E-state index in [1.165, 1.54) is 24.3 Å². The van der Waals surface area contributed by atoms with Gasteiger partial charge in [-0.25, -0.2) is 25.3 Å². The van der Waals surface area contributed by atoms with Crippen molar-refractivity contribution >= 4 is 29.7 Å². The Balaban J connectivity index is 2.06. The van der Waals surface area contributed by atoms with E-state index in [9.17, 15) is 25.3 Å². The summed E-state index contributed by atoms with van der Waals surface area (Å²) in [6.07, 6.45) is 0.270. The zero-order valence-electron chi connectivity index (χ0n) is 13.8. The number of sulfonamides is 1. The molecule has 0 bridgehead atoms. The molecule has 1 aromatic carbocycles. The normalized spacial score (nSPS) is 27.4. The second kappa shape index (κ2) is 6.60. The maximum Gasteiger partial charge on any atom is 0.243 e. The predicted molar refractivity (Wildman–Crippen MR) is 94.3 cm³/mol. The Morgan fingerprint density at radius 2 is 1.54 bits per heavy atom. The topological polar surface area (TPSA) is 129 Å². The third kappa shape index (κ3) is 3.78. The maximum absolute atomic E-state index is 13.2. The summed E-state index contributed by atoms with van der Waals surface area (Å²) < 4.78 is 75.0. The first-order chi connectivity index (χ1) is 12.0. The van der Waals surface area contributed by atoms with E-state index in [1.807, 2.05) is 6.07 Å². The third-order valence-electron chi connectivity index (χ3n) is 4.68. The van der Waals surface area contributed by atoms with Crippen LogP contribution in [0.1, 0.15) is 18.4 Å². The molecule has 2 saturated heterocycles. The molecule has 0 radical (unpaired) electrons. The fourth-order valence-corrected chi connectivity index (χ4v) is 9.02. The molecule has 11 heteroatoms. The van der Waals surface area contributed by atoms with Gasteiger partial charge < -0.3 is 0 Å². The van der Waals surface area contributed by atoms with Gasteiger partial charge in [-0.3, -0.25) is 0 Å². The molecule has 0 N–H and O–H groups in total. The van der Waals surface area contributed by atoms with Gasteiger partial charge in [0.2, 0.25) is 10.0 Å². The summed E-state index contributed by atoms with van der Waals surface area (Å²) in [6, 6.07) is 5.71. The van der Waals surface area contributed by atoms with Crippen LogP contribution in [0.15, 0.2) is 29.2 Å². The van der Waals surface area contributed by atoms with Crippen molar-refractivity contribution in [2.24, 2.45) is 0 Å². The fourth-order valence-electron chi connectivity index (χ4n) is 3.49. The van der Waals surface area contributed by atoms with Crippen molar-refractivity contribution in [1.29, 1.82) is 5.26 Å². The highest BCUT2D eigenvalue weighted by Crippen LogP contribution is 2.31. The van der Waals surface area contributed by atoms with Crippen molar-refractivity contribution in [3.05, 3.63) is 29.8 Å². The Morgan fingerprint density at radius 3 is 1.96 bits per heavy atom. The van der Waals surface area contributed by atoms with Gasteiger partial charge in [-0.15, -0.1) is 0 Å². The van der Waals surface area contributed by atoms with Crippen molar-refractivity contribution < 1.29 is 25.3 Å². The molecule has 2 heterocycles. The molecule has 3 rings (SSSR count). The highest BCUT2D eigenvalue weighted by molar-refractivity contribution is 7.92. The van der Waals surface area contributed by atoms with Crippen LogP contribution in [0.25, 0.3) is 0 Å². The monoisotopic (exact) mass is 418 g/mol. The van der Waals surface area contributed by atoms with Crippen molar-refractivity contribution in [3.63, 3.8) is 0 Å². The molecular weight excluding hydrogens is 400 g/mol. The van der Waals surface area contributed by atoms with Gasteiger partial charge in [0.15, 0.2) is 19.7 Å². The standard InChI is InChI=1S/C15H18N2O6S3/c16-9-12-2-1-3-15(8-12)26(22,23)17(13-4-6-24(18,19)10-13)14-5-7-25(20,21)11-14/h1-3,8,13-14H,4-7,10-11H2/t13-,14-/m1/s1. The van der Waals surface area contributed by atoms with Gasteiger partial charge in [0.05, 0.1) is 39.5 Å². The summed E-state index contributed by atoms with van der Waals surface area (Å²) in [6.45, 7) is 0. The van der Waals surface area contributed by atoms with Crippen LogP contribution in [0.2, 0.25) is 0 Å². The molecular formula is C15H18N2O6S3. The first-order valence-electron chi connectivity index (χ1n) is 7.99. The summed E-state index contributed by atoms with van der Waals surface area (Å²) in [5, 5.41) is 9.01. The molecule has 2 fully saturated rings. The van der Waals surface area contributed by atoms with Gasteiger partial charge in [0, 0.05) is 12.1 Å². The fraction of sp³-hybridized carbons (Fsp3) is 0.533. The summed E-state index contributed by atoms with van der Waals surface area (Å²) in [4.78, 5) is -0.134. The molecule has 2 aliphatic rings. The van der Waals surface area contributed by atoms with Crippen molar-refractivity contribution in [1.82, 2.24) is 4.31 Å². The lowest BCUT2D eigenvalue weighted by molar-refractivity contribution is 0.280. The van der Waals surface area contributed by atoms with Crippen LogP contribution >= 0.6 is 0 Å². The van der Waals surface area contributed by atoms with Crippen LogP contribution in [0.5, 0.6) is 0 Å². The number of hydrogen-bond donors (Lipinski definition) is 0. The Morgan fingerprint density at radius 1 is 1.00 bits per heavy atom. The second-order valence-corrected chi connectivity index (χ2v) is 12.9. The number of sulfone groups is 2. The van der Waals surface area contributed by atoms with Gasteiger partial charge in [0.25, 0.3) is 0 Å².